The van der Waals surface area contributed by atoms with Crippen LogP contribution >= 0.6 is 11.6 Å². The van der Waals surface area contributed by atoms with Crippen molar-refractivity contribution < 1.29 is 18.4 Å². The number of rotatable bonds is 2. The van der Waals surface area contributed by atoms with Crippen LogP contribution in [-0.4, -0.2) is 21.5 Å². The molecule has 0 fully saturated rings. The lowest BCUT2D eigenvalue weighted by molar-refractivity contribution is 0.0990. The summed E-state index contributed by atoms with van der Waals surface area (Å²) in [6.07, 6.45) is 1.34. The molecule has 6 rings (SSSR count). The highest BCUT2D eigenvalue weighted by atomic mass is 35.5. The van der Waals surface area contributed by atoms with E-state index < -0.39 is 0 Å². The fraction of sp³-hybridized carbons (Fsp3) is 0. The van der Waals surface area contributed by atoms with Gasteiger partial charge < -0.3 is 8.83 Å². The minimum absolute atomic E-state index is 0.00661. The molecule has 5 aromatic rings. The molecule has 0 spiro atoms. The first-order valence-electron chi connectivity index (χ1n) is 9.44. The van der Waals surface area contributed by atoms with Crippen LogP contribution < -0.4 is 0 Å². The second kappa shape index (κ2) is 6.48. The molecule has 0 unspecified atom stereocenters. The van der Waals surface area contributed by atoms with Crippen LogP contribution in [-0.2, 0) is 0 Å². The fourth-order valence-corrected chi connectivity index (χ4v) is 3.82. The van der Waals surface area contributed by atoms with Crippen LogP contribution in [0.15, 0.2) is 75.1 Å². The zero-order chi connectivity index (χ0) is 21.1. The van der Waals surface area contributed by atoms with Crippen molar-refractivity contribution in [1.29, 1.82) is 0 Å². The number of carbonyl (C=O) groups is 2. The second-order valence-corrected chi connectivity index (χ2v) is 7.59. The van der Waals surface area contributed by atoms with Crippen molar-refractivity contribution in [1.82, 2.24) is 9.97 Å². The summed E-state index contributed by atoms with van der Waals surface area (Å²) in [5, 5.41) is 2.40. The van der Waals surface area contributed by atoms with E-state index in [0.717, 1.165) is 16.3 Å². The van der Waals surface area contributed by atoms with Gasteiger partial charge in [-0.3, -0.25) is 9.59 Å². The molecule has 0 saturated carbocycles. The minimum atomic E-state index is -0.351. The molecule has 0 bridgehead atoms. The first-order valence-corrected chi connectivity index (χ1v) is 9.82. The molecule has 7 heteroatoms. The van der Waals surface area contributed by atoms with Crippen LogP contribution in [0.2, 0.25) is 5.02 Å². The highest BCUT2D eigenvalue weighted by molar-refractivity contribution is 6.42. The lowest BCUT2D eigenvalue weighted by Crippen LogP contribution is -2.00. The highest BCUT2D eigenvalue weighted by Gasteiger charge is 2.34. The Hall–Kier alpha value is -4.03. The standard InChI is InChI=1S/C24H11ClN2O4/c25-15-7-5-12(6-8-15)22-27-24-23(31-22)26-19(30-24)11-18-20(28)16-9-13-3-1-2-4-14(13)10-17(16)21(18)29/h1-11H. The van der Waals surface area contributed by atoms with Crippen LogP contribution in [0.25, 0.3) is 39.7 Å². The molecule has 3 aromatic carbocycles. The lowest BCUT2D eigenvalue weighted by Gasteiger charge is -2.00. The third kappa shape index (κ3) is 2.80. The first kappa shape index (κ1) is 17.8. The van der Waals surface area contributed by atoms with Gasteiger partial charge in [0, 0.05) is 27.8 Å². The Kier molecular flexibility index (Phi) is 3.72. The van der Waals surface area contributed by atoms with E-state index in [1.54, 1.807) is 36.4 Å². The molecule has 0 amide bonds. The molecule has 0 atom stereocenters. The highest BCUT2D eigenvalue weighted by Crippen LogP contribution is 2.32. The van der Waals surface area contributed by atoms with Gasteiger partial charge >= 0.3 is 0 Å². The SMILES string of the molecule is O=C1C(=Cc2nc3oc(-c4ccc(Cl)cc4)nc3o2)C(=O)c2cc3ccccc3cc21. The van der Waals surface area contributed by atoms with Crippen molar-refractivity contribution in [3.05, 3.63) is 88.3 Å². The van der Waals surface area contributed by atoms with Gasteiger partial charge in [-0.05, 0) is 47.2 Å². The Morgan fingerprint density at radius 1 is 0.774 bits per heavy atom. The average molecular weight is 427 g/mol. The molecule has 148 valence electrons. The van der Waals surface area contributed by atoms with E-state index in [9.17, 15) is 9.59 Å². The Balaban J connectivity index is 1.38. The molecule has 1 aliphatic carbocycles. The molecule has 0 saturated heterocycles. The summed E-state index contributed by atoms with van der Waals surface area (Å²) < 4.78 is 11.3. The molecular weight excluding hydrogens is 416 g/mol. The number of allylic oxidation sites excluding steroid dienone is 1. The van der Waals surface area contributed by atoms with Gasteiger partial charge in [-0.15, -0.1) is 0 Å². The number of ketones is 2. The summed E-state index contributed by atoms with van der Waals surface area (Å²) in [5.41, 5.74) is 1.85. The Morgan fingerprint density at radius 3 is 2.00 bits per heavy atom. The minimum Gasteiger partial charge on any atom is -0.415 e. The van der Waals surface area contributed by atoms with Gasteiger partial charge in [0.1, 0.15) is 0 Å². The van der Waals surface area contributed by atoms with E-state index in [1.165, 1.54) is 6.08 Å². The van der Waals surface area contributed by atoms with E-state index >= 15 is 0 Å². The Bertz CT molecular complexity index is 1490. The largest absolute Gasteiger partial charge is 0.415 e. The van der Waals surface area contributed by atoms with Crippen LogP contribution in [0.3, 0.4) is 0 Å². The maximum absolute atomic E-state index is 12.9. The Morgan fingerprint density at radius 2 is 1.39 bits per heavy atom. The number of halogens is 1. The van der Waals surface area contributed by atoms with E-state index in [-0.39, 0.29) is 34.5 Å². The smallest absolute Gasteiger partial charge is 0.288 e. The van der Waals surface area contributed by atoms with Crippen LogP contribution in [0.4, 0.5) is 0 Å². The number of nitrogens with zero attached hydrogens (tertiary/aromatic N) is 2. The maximum atomic E-state index is 12.9. The van der Waals surface area contributed by atoms with Gasteiger partial charge in [-0.2, -0.15) is 9.97 Å². The van der Waals surface area contributed by atoms with Crippen molar-refractivity contribution in [2.45, 2.75) is 0 Å². The molecule has 1 aliphatic rings. The molecule has 0 aliphatic heterocycles. The molecule has 31 heavy (non-hydrogen) atoms. The molecular formula is C24H11ClN2O4. The zero-order valence-electron chi connectivity index (χ0n) is 15.8. The second-order valence-electron chi connectivity index (χ2n) is 7.15. The monoisotopic (exact) mass is 426 g/mol. The van der Waals surface area contributed by atoms with E-state index in [1.807, 2.05) is 24.3 Å². The molecule has 0 radical (unpaired) electrons. The van der Waals surface area contributed by atoms with Crippen molar-refractivity contribution in [2.24, 2.45) is 0 Å². The predicted molar refractivity (Wildman–Crippen MR) is 115 cm³/mol. The molecule has 2 aromatic heterocycles. The van der Waals surface area contributed by atoms with E-state index in [0.29, 0.717) is 22.0 Å². The Labute approximate surface area is 179 Å². The summed E-state index contributed by atoms with van der Waals surface area (Å²) in [7, 11) is 0. The van der Waals surface area contributed by atoms with Crippen molar-refractivity contribution in [3.63, 3.8) is 0 Å². The van der Waals surface area contributed by atoms with Gasteiger partial charge in [0.25, 0.3) is 11.4 Å². The predicted octanol–water partition coefficient (Wildman–Crippen LogP) is 5.75. The van der Waals surface area contributed by atoms with Gasteiger partial charge in [0.05, 0.1) is 5.57 Å². The van der Waals surface area contributed by atoms with Crippen LogP contribution in [0, 0.1) is 0 Å². The number of fused-ring (bicyclic) bond motifs is 3. The molecule has 6 nitrogen and oxygen atoms in total. The summed E-state index contributed by atoms with van der Waals surface area (Å²) in [4.78, 5) is 34.2. The third-order valence-electron chi connectivity index (χ3n) is 5.22. The number of oxazole rings is 2. The summed E-state index contributed by atoms with van der Waals surface area (Å²) in [6.45, 7) is 0. The van der Waals surface area contributed by atoms with Gasteiger partial charge in [0.15, 0.2) is 11.6 Å². The first-order chi connectivity index (χ1) is 15.1. The summed E-state index contributed by atoms with van der Waals surface area (Å²) in [6, 6.07) is 18.1. The topological polar surface area (TPSA) is 86.2 Å². The van der Waals surface area contributed by atoms with Crippen molar-refractivity contribution in [2.75, 3.05) is 0 Å². The van der Waals surface area contributed by atoms with Crippen LogP contribution in [0.1, 0.15) is 26.6 Å². The maximum Gasteiger partial charge on any atom is 0.288 e. The third-order valence-corrected chi connectivity index (χ3v) is 5.47. The van der Waals surface area contributed by atoms with Crippen molar-refractivity contribution in [3.8, 4) is 11.5 Å². The van der Waals surface area contributed by atoms with Gasteiger partial charge in [-0.1, -0.05) is 35.9 Å². The normalized spacial score (nSPS) is 13.4. The van der Waals surface area contributed by atoms with Crippen LogP contribution in [0.5, 0.6) is 0 Å². The molecule has 2 heterocycles. The van der Waals surface area contributed by atoms with E-state index in [4.69, 9.17) is 20.4 Å². The zero-order valence-corrected chi connectivity index (χ0v) is 16.5. The number of aromatic nitrogens is 2. The summed E-state index contributed by atoms with van der Waals surface area (Å²) in [5.74, 6) is -0.284. The molecule has 0 N–H and O–H groups in total. The fourth-order valence-electron chi connectivity index (χ4n) is 3.70. The average Bonchev–Trinajstić information content (AvgIpc) is 3.40. The number of hydrogen-bond donors (Lipinski definition) is 0. The van der Waals surface area contributed by atoms with Gasteiger partial charge in [-0.25, -0.2) is 0 Å². The number of Topliss-reactive ketones (excluding diaryl/α,β-unsaturated/α-hetero) is 2. The van der Waals surface area contributed by atoms with Gasteiger partial charge in [0.2, 0.25) is 11.8 Å². The van der Waals surface area contributed by atoms with Crippen molar-refractivity contribution >= 4 is 51.4 Å². The lowest BCUT2D eigenvalue weighted by atomic mass is 10.0. The number of carbonyl (C=O) groups excluding carboxylic acids is 2. The summed E-state index contributed by atoms with van der Waals surface area (Å²) >= 11 is 5.90. The number of benzene rings is 3. The quantitative estimate of drug-likeness (QED) is 0.264. The van der Waals surface area contributed by atoms with E-state index in [2.05, 4.69) is 9.97 Å². The number of hydrogen-bond acceptors (Lipinski definition) is 6.